The Balaban J connectivity index is 1.45. The van der Waals surface area contributed by atoms with Crippen molar-refractivity contribution in [3.05, 3.63) is 85.1 Å². The minimum absolute atomic E-state index is 0.108. The van der Waals surface area contributed by atoms with Gasteiger partial charge < -0.3 is 5.32 Å². The van der Waals surface area contributed by atoms with Crippen LogP contribution in [-0.2, 0) is 14.8 Å². The number of benzene rings is 3. The molecule has 3 aromatic carbocycles. The maximum absolute atomic E-state index is 12.8. The van der Waals surface area contributed by atoms with Gasteiger partial charge in [0, 0.05) is 22.4 Å². The van der Waals surface area contributed by atoms with E-state index in [0.29, 0.717) is 17.1 Å². The van der Waals surface area contributed by atoms with E-state index in [2.05, 4.69) is 20.2 Å². The molecule has 174 valence electrons. The van der Waals surface area contributed by atoms with E-state index in [1.165, 1.54) is 16.9 Å². The van der Waals surface area contributed by atoms with Crippen molar-refractivity contribution in [3.63, 3.8) is 0 Å². The number of rotatable bonds is 6. The third-order valence-electron chi connectivity index (χ3n) is 5.02. The molecule has 1 heterocycles. The lowest BCUT2D eigenvalue weighted by molar-refractivity contribution is -0.123. The van der Waals surface area contributed by atoms with E-state index in [1.807, 2.05) is 51.1 Å². The van der Waals surface area contributed by atoms with E-state index in [0.717, 1.165) is 11.3 Å². The summed E-state index contributed by atoms with van der Waals surface area (Å²) < 4.78 is 28.2. The van der Waals surface area contributed by atoms with E-state index in [1.54, 1.807) is 42.6 Å². The number of sulfonamides is 1. The molecule has 1 amide bonds. The fraction of sp³-hybridized carbons (Fsp3) is 0.160. The molecule has 2 N–H and O–H groups in total. The van der Waals surface area contributed by atoms with Crippen LogP contribution in [0.5, 0.6) is 0 Å². The zero-order valence-corrected chi connectivity index (χ0v) is 19.9. The molecule has 0 aliphatic heterocycles. The normalized spacial score (nSPS) is 11.7. The molecule has 4 rings (SSSR count). The van der Waals surface area contributed by atoms with Crippen LogP contribution in [0.15, 0.2) is 90.0 Å². The molecule has 0 unspecified atom stereocenters. The van der Waals surface area contributed by atoms with Crippen molar-refractivity contribution in [1.29, 1.82) is 0 Å². The number of hydrogen-bond donors (Lipinski definition) is 2. The monoisotopic (exact) mass is 475 g/mol. The highest BCUT2D eigenvalue weighted by atomic mass is 32.2. The number of anilines is 2. The minimum Gasteiger partial charge on any atom is -0.326 e. The summed E-state index contributed by atoms with van der Waals surface area (Å²) in [5.74, 6) is -0.122. The molecule has 0 aliphatic rings. The van der Waals surface area contributed by atoms with Gasteiger partial charge in [-0.15, -0.1) is 5.10 Å². The third-order valence-corrected chi connectivity index (χ3v) is 6.41. The maximum atomic E-state index is 12.8. The first-order chi connectivity index (χ1) is 16.1. The summed E-state index contributed by atoms with van der Waals surface area (Å²) in [7, 11) is -3.80. The Labute approximate surface area is 198 Å². The van der Waals surface area contributed by atoms with Crippen molar-refractivity contribution in [3.8, 4) is 16.9 Å². The van der Waals surface area contributed by atoms with Crippen LogP contribution in [0.4, 0.5) is 11.4 Å². The fourth-order valence-corrected chi connectivity index (χ4v) is 4.10. The first-order valence-electron chi connectivity index (χ1n) is 10.6. The predicted octanol–water partition coefficient (Wildman–Crippen LogP) is 4.72. The van der Waals surface area contributed by atoms with Gasteiger partial charge in [-0.1, -0.05) is 51.1 Å². The van der Waals surface area contributed by atoms with E-state index in [4.69, 9.17) is 0 Å². The van der Waals surface area contributed by atoms with Gasteiger partial charge >= 0.3 is 0 Å². The summed E-state index contributed by atoms with van der Waals surface area (Å²) in [6.07, 6.45) is 1.66. The molecular weight excluding hydrogens is 450 g/mol. The topological polar surface area (TPSA) is 106 Å². The van der Waals surface area contributed by atoms with Gasteiger partial charge in [-0.3, -0.25) is 9.52 Å². The number of amides is 1. The standard InChI is InChI=1S/C25H25N5O3S/c1-25(2,3)24(31)27-19-9-11-20(12-10-19)29-34(32,33)22-15-13-21(14-16-22)30-26-17-23(28-30)18-7-5-4-6-8-18/h4-17,29H,1-3H3,(H,27,31). The van der Waals surface area contributed by atoms with E-state index < -0.39 is 15.4 Å². The van der Waals surface area contributed by atoms with Crippen LogP contribution in [0.3, 0.4) is 0 Å². The SMILES string of the molecule is CC(C)(C)C(=O)Nc1ccc(NS(=O)(=O)c2ccc(-n3ncc(-c4ccccc4)n3)cc2)cc1. The molecule has 0 aliphatic carbocycles. The Kier molecular flexibility index (Phi) is 6.21. The van der Waals surface area contributed by atoms with E-state index in [-0.39, 0.29) is 10.8 Å². The minimum atomic E-state index is -3.80. The number of nitrogens with one attached hydrogen (secondary N) is 2. The number of aromatic nitrogens is 3. The maximum Gasteiger partial charge on any atom is 0.261 e. The largest absolute Gasteiger partial charge is 0.326 e. The lowest BCUT2D eigenvalue weighted by Crippen LogP contribution is -2.27. The number of hydrogen-bond acceptors (Lipinski definition) is 5. The summed E-state index contributed by atoms with van der Waals surface area (Å²) in [5, 5.41) is 11.5. The van der Waals surface area contributed by atoms with Crippen molar-refractivity contribution in [1.82, 2.24) is 15.0 Å². The molecular formula is C25H25N5O3S. The van der Waals surface area contributed by atoms with Crippen LogP contribution < -0.4 is 10.0 Å². The Morgan fingerprint density at radius 3 is 2.09 bits per heavy atom. The number of nitrogens with zero attached hydrogens (tertiary/aromatic N) is 3. The molecule has 0 saturated carbocycles. The lowest BCUT2D eigenvalue weighted by atomic mass is 9.95. The molecule has 0 bridgehead atoms. The van der Waals surface area contributed by atoms with Crippen LogP contribution in [-0.4, -0.2) is 29.3 Å². The summed E-state index contributed by atoms with van der Waals surface area (Å²) >= 11 is 0. The van der Waals surface area contributed by atoms with Gasteiger partial charge in [0.2, 0.25) is 5.91 Å². The highest BCUT2D eigenvalue weighted by molar-refractivity contribution is 7.92. The second-order valence-electron chi connectivity index (χ2n) is 8.77. The number of carbonyl (C=O) groups is 1. The Bertz CT molecular complexity index is 1390. The average molecular weight is 476 g/mol. The molecule has 0 atom stereocenters. The first-order valence-corrected chi connectivity index (χ1v) is 12.1. The van der Waals surface area contributed by atoms with Gasteiger partial charge in [0.05, 0.1) is 16.8 Å². The molecule has 34 heavy (non-hydrogen) atoms. The van der Waals surface area contributed by atoms with Gasteiger partial charge in [-0.25, -0.2) is 8.42 Å². The van der Waals surface area contributed by atoms with Crippen LogP contribution in [0.25, 0.3) is 16.9 Å². The molecule has 0 spiro atoms. The molecule has 4 aromatic rings. The zero-order valence-electron chi connectivity index (χ0n) is 19.1. The molecule has 0 saturated heterocycles. The van der Waals surface area contributed by atoms with Crippen molar-refractivity contribution >= 4 is 27.3 Å². The molecule has 9 heteroatoms. The second-order valence-corrected chi connectivity index (χ2v) is 10.4. The Morgan fingerprint density at radius 2 is 1.47 bits per heavy atom. The van der Waals surface area contributed by atoms with Crippen LogP contribution in [0.1, 0.15) is 20.8 Å². The summed E-state index contributed by atoms with van der Waals surface area (Å²) in [6, 6.07) is 22.5. The molecule has 8 nitrogen and oxygen atoms in total. The smallest absolute Gasteiger partial charge is 0.261 e. The van der Waals surface area contributed by atoms with Crippen LogP contribution in [0, 0.1) is 5.41 Å². The van der Waals surface area contributed by atoms with E-state index >= 15 is 0 Å². The van der Waals surface area contributed by atoms with Gasteiger partial charge in [-0.05, 0) is 48.5 Å². The van der Waals surface area contributed by atoms with Gasteiger partial charge in [-0.2, -0.15) is 9.90 Å². The molecule has 1 aromatic heterocycles. The first kappa shape index (κ1) is 23.2. The highest BCUT2D eigenvalue weighted by Gasteiger charge is 2.21. The Hall–Kier alpha value is -3.98. The van der Waals surface area contributed by atoms with Gasteiger partial charge in [0.15, 0.2) is 0 Å². The van der Waals surface area contributed by atoms with Crippen molar-refractivity contribution < 1.29 is 13.2 Å². The molecule has 0 fully saturated rings. The van der Waals surface area contributed by atoms with Crippen molar-refractivity contribution in [2.24, 2.45) is 5.41 Å². The summed E-state index contributed by atoms with van der Waals surface area (Å²) in [6.45, 7) is 5.46. The van der Waals surface area contributed by atoms with Gasteiger partial charge in [0.1, 0.15) is 5.69 Å². The van der Waals surface area contributed by atoms with Crippen LogP contribution >= 0.6 is 0 Å². The van der Waals surface area contributed by atoms with Gasteiger partial charge in [0.25, 0.3) is 10.0 Å². The zero-order chi connectivity index (χ0) is 24.3. The average Bonchev–Trinajstić information content (AvgIpc) is 3.31. The molecule has 0 radical (unpaired) electrons. The summed E-state index contributed by atoms with van der Waals surface area (Å²) in [5.41, 5.74) is 2.76. The van der Waals surface area contributed by atoms with Crippen molar-refractivity contribution in [2.75, 3.05) is 10.0 Å². The quantitative estimate of drug-likeness (QED) is 0.420. The highest BCUT2D eigenvalue weighted by Crippen LogP contribution is 2.22. The second kappa shape index (κ2) is 9.11. The van der Waals surface area contributed by atoms with E-state index in [9.17, 15) is 13.2 Å². The number of carbonyl (C=O) groups excluding carboxylic acids is 1. The lowest BCUT2D eigenvalue weighted by Gasteiger charge is -2.17. The summed E-state index contributed by atoms with van der Waals surface area (Å²) in [4.78, 5) is 13.7. The Morgan fingerprint density at radius 1 is 0.853 bits per heavy atom. The third kappa shape index (κ3) is 5.32. The van der Waals surface area contributed by atoms with Crippen LogP contribution in [0.2, 0.25) is 0 Å². The van der Waals surface area contributed by atoms with Crippen molar-refractivity contribution in [2.45, 2.75) is 25.7 Å². The predicted molar refractivity (Wildman–Crippen MR) is 132 cm³/mol. The fourth-order valence-electron chi connectivity index (χ4n) is 3.04.